The van der Waals surface area contributed by atoms with Gasteiger partial charge in [-0.2, -0.15) is 0 Å². The summed E-state index contributed by atoms with van der Waals surface area (Å²) in [5, 5.41) is 2.97. The van der Waals surface area contributed by atoms with Gasteiger partial charge in [-0.25, -0.2) is 0 Å². The van der Waals surface area contributed by atoms with E-state index < -0.39 is 9.75 Å². The molecule has 0 heterocycles. The maximum absolute atomic E-state index is 12.3. The van der Waals surface area contributed by atoms with Gasteiger partial charge >= 0.3 is 0 Å². The molecule has 1 aliphatic carbocycles. The third-order valence-electron chi connectivity index (χ3n) is 3.74. The molecule has 1 amide bonds. The van der Waals surface area contributed by atoms with Crippen molar-refractivity contribution in [1.82, 2.24) is 0 Å². The Morgan fingerprint density at radius 2 is 1.79 bits per heavy atom. The lowest BCUT2D eigenvalue weighted by molar-refractivity contribution is -0.120. The predicted molar refractivity (Wildman–Crippen MR) is 80.9 cm³/mol. The average Bonchev–Trinajstić information content (AvgIpc) is 2.79. The fourth-order valence-electron chi connectivity index (χ4n) is 2.15. The Kier molecular flexibility index (Phi) is 3.39. The SMILES string of the molecule is CC(C)(C)c1ccccc1NC(=O)C1(C)CC1(Cl)Cl. The lowest BCUT2D eigenvalue weighted by Gasteiger charge is -2.24. The van der Waals surface area contributed by atoms with Gasteiger partial charge in [0.25, 0.3) is 0 Å². The lowest BCUT2D eigenvalue weighted by Crippen LogP contribution is -2.27. The number of carbonyl (C=O) groups excluding carboxylic acids is 1. The van der Waals surface area contributed by atoms with Crippen LogP contribution in [0.1, 0.15) is 39.7 Å². The molecule has 1 fully saturated rings. The highest BCUT2D eigenvalue weighted by molar-refractivity contribution is 6.53. The van der Waals surface area contributed by atoms with Crippen LogP contribution in [0, 0.1) is 5.41 Å². The number of benzene rings is 1. The fraction of sp³-hybridized carbons (Fsp3) is 0.533. The molecule has 1 N–H and O–H groups in total. The molecule has 1 unspecified atom stereocenters. The van der Waals surface area contributed by atoms with E-state index >= 15 is 0 Å². The zero-order chi connectivity index (χ0) is 14.5. The summed E-state index contributed by atoms with van der Waals surface area (Å²) in [6.07, 6.45) is 0.493. The molecule has 0 aromatic heterocycles. The Morgan fingerprint density at radius 3 is 2.26 bits per heavy atom. The van der Waals surface area contributed by atoms with E-state index in [9.17, 15) is 4.79 Å². The van der Waals surface area contributed by atoms with Crippen LogP contribution in [-0.4, -0.2) is 10.2 Å². The van der Waals surface area contributed by atoms with Gasteiger partial charge in [0, 0.05) is 5.69 Å². The van der Waals surface area contributed by atoms with Gasteiger partial charge in [0.15, 0.2) is 0 Å². The van der Waals surface area contributed by atoms with Crippen LogP contribution in [0.4, 0.5) is 5.69 Å². The van der Waals surface area contributed by atoms with Crippen molar-refractivity contribution in [2.75, 3.05) is 5.32 Å². The van der Waals surface area contributed by atoms with Crippen LogP contribution in [0.25, 0.3) is 0 Å². The van der Waals surface area contributed by atoms with Gasteiger partial charge in [0.1, 0.15) is 4.33 Å². The highest BCUT2D eigenvalue weighted by Crippen LogP contribution is 2.64. The standard InChI is InChI=1S/C15H19Cl2NO/c1-13(2,3)10-7-5-6-8-11(10)18-12(19)14(4)9-15(14,16)17/h5-8H,9H2,1-4H3,(H,18,19). The van der Waals surface area contributed by atoms with E-state index in [-0.39, 0.29) is 11.3 Å². The van der Waals surface area contributed by atoms with Crippen molar-refractivity contribution in [3.8, 4) is 0 Å². The molecule has 0 bridgehead atoms. The maximum Gasteiger partial charge on any atom is 0.233 e. The molecule has 0 saturated heterocycles. The summed E-state index contributed by atoms with van der Waals surface area (Å²) in [6.45, 7) is 8.14. The minimum absolute atomic E-state index is 0.0344. The van der Waals surface area contributed by atoms with Crippen molar-refractivity contribution in [2.45, 2.75) is 43.9 Å². The Balaban J connectivity index is 2.24. The largest absolute Gasteiger partial charge is 0.325 e. The van der Waals surface area contributed by atoms with Gasteiger partial charge in [-0.05, 0) is 30.4 Å². The van der Waals surface area contributed by atoms with Crippen LogP contribution in [0.2, 0.25) is 0 Å². The van der Waals surface area contributed by atoms with E-state index in [1.54, 1.807) is 6.92 Å². The number of halogens is 2. The molecule has 104 valence electrons. The summed E-state index contributed by atoms with van der Waals surface area (Å²) in [6, 6.07) is 7.82. The second-order valence-electron chi connectivity index (χ2n) is 6.46. The molecule has 2 nitrogen and oxygen atoms in total. The van der Waals surface area contributed by atoms with E-state index in [4.69, 9.17) is 23.2 Å². The number of amides is 1. The van der Waals surface area contributed by atoms with E-state index in [0.717, 1.165) is 11.3 Å². The first-order valence-electron chi connectivity index (χ1n) is 6.37. The number of carbonyl (C=O) groups is 1. The number of anilines is 1. The van der Waals surface area contributed by atoms with Gasteiger partial charge in [-0.3, -0.25) is 4.79 Å². The molecular weight excluding hydrogens is 281 g/mol. The van der Waals surface area contributed by atoms with Crippen molar-refractivity contribution in [1.29, 1.82) is 0 Å². The molecule has 1 saturated carbocycles. The normalized spacial score (nSPS) is 24.9. The Morgan fingerprint density at radius 1 is 1.26 bits per heavy atom. The molecule has 1 aromatic carbocycles. The zero-order valence-electron chi connectivity index (χ0n) is 11.7. The van der Waals surface area contributed by atoms with Gasteiger partial charge in [0.05, 0.1) is 5.41 Å². The van der Waals surface area contributed by atoms with Crippen LogP contribution in [0.15, 0.2) is 24.3 Å². The summed E-state index contributed by atoms with van der Waals surface area (Å²) in [7, 11) is 0. The topological polar surface area (TPSA) is 29.1 Å². The maximum atomic E-state index is 12.3. The Bertz CT molecular complexity index is 519. The van der Waals surface area contributed by atoms with Crippen molar-refractivity contribution in [2.24, 2.45) is 5.41 Å². The minimum atomic E-state index is -0.937. The number of rotatable bonds is 2. The number of hydrogen-bond acceptors (Lipinski definition) is 1. The third kappa shape index (κ3) is 2.61. The Hall–Kier alpha value is -0.730. The highest BCUT2D eigenvalue weighted by Gasteiger charge is 2.67. The van der Waals surface area contributed by atoms with Crippen molar-refractivity contribution in [3.63, 3.8) is 0 Å². The number of para-hydroxylation sites is 1. The molecule has 2 rings (SSSR count). The van der Waals surface area contributed by atoms with Crippen LogP contribution in [0.5, 0.6) is 0 Å². The summed E-state index contributed by atoms with van der Waals surface area (Å²) in [5.41, 5.74) is 1.20. The van der Waals surface area contributed by atoms with E-state index in [2.05, 4.69) is 26.1 Å². The molecule has 1 atom stereocenters. The first-order chi connectivity index (χ1) is 8.58. The van der Waals surface area contributed by atoms with Crippen molar-refractivity contribution >= 4 is 34.8 Å². The summed E-state index contributed by atoms with van der Waals surface area (Å²) >= 11 is 12.1. The second-order valence-corrected chi connectivity index (χ2v) is 7.95. The molecule has 0 spiro atoms. The van der Waals surface area contributed by atoms with Gasteiger partial charge in [-0.1, -0.05) is 39.0 Å². The van der Waals surface area contributed by atoms with Crippen LogP contribution < -0.4 is 5.32 Å². The number of nitrogens with one attached hydrogen (secondary N) is 1. The Labute approximate surface area is 124 Å². The smallest absolute Gasteiger partial charge is 0.233 e. The van der Waals surface area contributed by atoms with E-state index in [0.29, 0.717) is 6.42 Å². The van der Waals surface area contributed by atoms with Crippen LogP contribution in [0.3, 0.4) is 0 Å². The second kappa shape index (κ2) is 4.39. The molecule has 1 aromatic rings. The summed E-state index contributed by atoms with van der Waals surface area (Å²) < 4.78 is -0.937. The average molecular weight is 300 g/mol. The molecule has 19 heavy (non-hydrogen) atoms. The van der Waals surface area contributed by atoms with Crippen molar-refractivity contribution < 1.29 is 4.79 Å². The summed E-state index contributed by atoms with van der Waals surface area (Å²) in [5.74, 6) is -0.116. The first kappa shape index (κ1) is 14.7. The third-order valence-corrected chi connectivity index (χ3v) is 4.84. The van der Waals surface area contributed by atoms with E-state index in [1.807, 2.05) is 24.3 Å². The van der Waals surface area contributed by atoms with E-state index in [1.165, 1.54) is 0 Å². The molecule has 4 heteroatoms. The molecule has 0 aliphatic heterocycles. The molecular formula is C15H19Cl2NO. The van der Waals surface area contributed by atoms with Crippen LogP contribution in [-0.2, 0) is 10.2 Å². The number of alkyl halides is 2. The first-order valence-corrected chi connectivity index (χ1v) is 7.12. The zero-order valence-corrected chi connectivity index (χ0v) is 13.2. The number of hydrogen-bond donors (Lipinski definition) is 1. The fourth-order valence-corrected chi connectivity index (χ4v) is 2.86. The predicted octanol–water partition coefficient (Wildman–Crippen LogP) is 4.51. The van der Waals surface area contributed by atoms with Crippen molar-refractivity contribution in [3.05, 3.63) is 29.8 Å². The lowest BCUT2D eigenvalue weighted by atomic mass is 9.85. The highest BCUT2D eigenvalue weighted by atomic mass is 35.5. The van der Waals surface area contributed by atoms with Gasteiger partial charge in [-0.15, -0.1) is 23.2 Å². The summed E-state index contributed by atoms with van der Waals surface area (Å²) in [4.78, 5) is 12.3. The quantitative estimate of drug-likeness (QED) is 0.800. The molecule has 0 radical (unpaired) electrons. The minimum Gasteiger partial charge on any atom is -0.325 e. The monoisotopic (exact) mass is 299 g/mol. The van der Waals surface area contributed by atoms with Crippen LogP contribution >= 0.6 is 23.2 Å². The molecule has 1 aliphatic rings. The van der Waals surface area contributed by atoms with Gasteiger partial charge < -0.3 is 5.32 Å². The van der Waals surface area contributed by atoms with Gasteiger partial charge in [0.2, 0.25) is 5.91 Å².